The number of halogens is 3. The summed E-state index contributed by atoms with van der Waals surface area (Å²) < 4.78 is 46.6. The van der Waals surface area contributed by atoms with Gasteiger partial charge in [0.15, 0.2) is 5.69 Å². The van der Waals surface area contributed by atoms with Crippen molar-refractivity contribution >= 4 is 23.5 Å². The molecule has 1 aromatic heterocycles. The van der Waals surface area contributed by atoms with E-state index in [4.69, 9.17) is 0 Å². The smallest absolute Gasteiger partial charge is 0.434 e. The van der Waals surface area contributed by atoms with Gasteiger partial charge in [0.2, 0.25) is 0 Å². The number of benzene rings is 2. The lowest BCUT2D eigenvalue weighted by Crippen LogP contribution is -2.30. The number of aromatic nitrogens is 2. The van der Waals surface area contributed by atoms with E-state index in [1.54, 1.807) is 19.1 Å². The summed E-state index contributed by atoms with van der Waals surface area (Å²) in [6, 6.07) is 11.7. The van der Waals surface area contributed by atoms with Gasteiger partial charge in [-0.2, -0.15) is 18.3 Å². The molecule has 0 unspecified atom stereocenters. The van der Waals surface area contributed by atoms with Crippen LogP contribution in [0, 0.1) is 6.92 Å². The number of nitrogens with zero attached hydrogens (tertiary/aromatic N) is 2. The molecule has 0 aliphatic carbocycles. The fourth-order valence-electron chi connectivity index (χ4n) is 2.93. The number of ether oxygens (including phenoxy) is 1. The van der Waals surface area contributed by atoms with Gasteiger partial charge in [0.05, 0.1) is 24.6 Å². The van der Waals surface area contributed by atoms with E-state index in [-0.39, 0.29) is 23.5 Å². The van der Waals surface area contributed by atoms with Crippen molar-refractivity contribution in [2.45, 2.75) is 13.1 Å². The lowest BCUT2D eigenvalue weighted by Gasteiger charge is -2.13. The number of nitrogens with one attached hydrogen (secondary N) is 2. The van der Waals surface area contributed by atoms with Crippen LogP contribution in [0.3, 0.4) is 0 Å². The topological polar surface area (TPSA) is 102 Å². The molecule has 0 radical (unpaired) electrons. The quantitative estimate of drug-likeness (QED) is 0.550. The Hall–Kier alpha value is -4.15. The molecule has 0 aliphatic heterocycles. The van der Waals surface area contributed by atoms with Crippen molar-refractivity contribution in [2.75, 3.05) is 19.0 Å². The maximum Gasteiger partial charge on any atom is 0.434 e. The van der Waals surface area contributed by atoms with Crippen LogP contribution in [0.5, 0.6) is 0 Å². The van der Waals surface area contributed by atoms with E-state index in [0.29, 0.717) is 4.68 Å². The van der Waals surface area contributed by atoms with Crippen LogP contribution in [-0.2, 0) is 15.7 Å². The standard InChI is InChI=1S/C22H19F3N4O4/c1-13-6-8-16(9-7-13)29-19(22(23,24)25)17(11-27-29)21(32)28-15-5-3-4-14(10-15)20(31)26-12-18(30)33-2/h3-11H,12H2,1-2H3,(H,26,31)(H,28,32). The van der Waals surface area contributed by atoms with Gasteiger partial charge in [-0.3, -0.25) is 14.4 Å². The van der Waals surface area contributed by atoms with Crippen molar-refractivity contribution in [1.29, 1.82) is 0 Å². The van der Waals surface area contributed by atoms with E-state index in [1.165, 1.54) is 43.5 Å². The predicted octanol–water partition coefficient (Wildman–Crippen LogP) is 3.35. The average Bonchev–Trinajstić information content (AvgIpc) is 3.24. The average molecular weight is 460 g/mol. The van der Waals surface area contributed by atoms with Gasteiger partial charge in [0.1, 0.15) is 6.54 Å². The Morgan fingerprint density at radius 1 is 1.06 bits per heavy atom. The van der Waals surface area contributed by atoms with E-state index >= 15 is 0 Å². The third-order valence-corrected chi connectivity index (χ3v) is 4.56. The minimum atomic E-state index is -4.86. The number of alkyl halides is 3. The lowest BCUT2D eigenvalue weighted by molar-refractivity contribution is -0.143. The zero-order valence-electron chi connectivity index (χ0n) is 17.6. The summed E-state index contributed by atoms with van der Waals surface area (Å²) in [5.41, 5.74) is -0.728. The first-order valence-electron chi connectivity index (χ1n) is 9.59. The minimum absolute atomic E-state index is 0.0851. The monoisotopic (exact) mass is 460 g/mol. The molecule has 2 N–H and O–H groups in total. The molecule has 0 fully saturated rings. The van der Waals surface area contributed by atoms with Crippen molar-refractivity contribution < 1.29 is 32.3 Å². The van der Waals surface area contributed by atoms with Crippen LogP contribution in [0.2, 0.25) is 0 Å². The molecule has 3 rings (SSSR count). The van der Waals surface area contributed by atoms with Crippen molar-refractivity contribution in [2.24, 2.45) is 0 Å². The molecule has 8 nitrogen and oxygen atoms in total. The molecule has 0 spiro atoms. The van der Waals surface area contributed by atoms with Gasteiger partial charge in [-0.05, 0) is 37.3 Å². The Morgan fingerprint density at radius 2 is 1.76 bits per heavy atom. The summed E-state index contributed by atoms with van der Waals surface area (Å²) in [6.07, 6.45) is -4.02. The van der Waals surface area contributed by atoms with Gasteiger partial charge >= 0.3 is 12.1 Å². The van der Waals surface area contributed by atoms with E-state index in [2.05, 4.69) is 20.5 Å². The summed E-state index contributed by atoms with van der Waals surface area (Å²) in [6.45, 7) is 1.43. The normalized spacial score (nSPS) is 11.1. The highest BCUT2D eigenvalue weighted by atomic mass is 19.4. The number of carbonyl (C=O) groups is 3. The zero-order chi connectivity index (χ0) is 24.2. The number of hydrogen-bond acceptors (Lipinski definition) is 5. The van der Waals surface area contributed by atoms with Gasteiger partial charge in [-0.1, -0.05) is 23.8 Å². The summed E-state index contributed by atoms with van der Waals surface area (Å²) in [4.78, 5) is 36.0. The van der Waals surface area contributed by atoms with E-state index in [9.17, 15) is 27.6 Å². The second-order valence-electron chi connectivity index (χ2n) is 6.95. The zero-order valence-corrected chi connectivity index (χ0v) is 17.6. The van der Waals surface area contributed by atoms with Crippen LogP contribution in [0.25, 0.3) is 5.69 Å². The predicted molar refractivity (Wildman–Crippen MR) is 112 cm³/mol. The van der Waals surface area contributed by atoms with Crippen molar-refractivity contribution in [3.8, 4) is 5.69 Å². The number of anilines is 1. The van der Waals surface area contributed by atoms with E-state index < -0.39 is 35.2 Å². The van der Waals surface area contributed by atoms with Crippen molar-refractivity contribution in [3.05, 3.63) is 77.1 Å². The summed E-state index contributed by atoms with van der Waals surface area (Å²) in [5, 5.41) is 8.45. The molecule has 0 atom stereocenters. The van der Waals surface area contributed by atoms with Crippen LogP contribution < -0.4 is 10.6 Å². The van der Waals surface area contributed by atoms with Gasteiger partial charge in [-0.15, -0.1) is 0 Å². The SMILES string of the molecule is COC(=O)CNC(=O)c1cccc(NC(=O)c2cnn(-c3ccc(C)cc3)c2C(F)(F)F)c1. The van der Waals surface area contributed by atoms with Gasteiger partial charge in [0.25, 0.3) is 11.8 Å². The first kappa shape index (κ1) is 23.5. The molecule has 11 heteroatoms. The number of methoxy groups -OCH3 is 1. The molecule has 2 amide bonds. The number of aryl methyl sites for hydroxylation is 1. The maximum atomic E-state index is 13.8. The molecule has 0 saturated carbocycles. The molecule has 33 heavy (non-hydrogen) atoms. The molecule has 0 aliphatic rings. The third-order valence-electron chi connectivity index (χ3n) is 4.56. The Balaban J connectivity index is 1.86. The number of carbonyl (C=O) groups excluding carboxylic acids is 3. The first-order valence-corrected chi connectivity index (χ1v) is 9.59. The van der Waals surface area contributed by atoms with Gasteiger partial charge < -0.3 is 15.4 Å². The van der Waals surface area contributed by atoms with Crippen molar-refractivity contribution in [3.63, 3.8) is 0 Å². The van der Waals surface area contributed by atoms with Crippen LogP contribution in [0.1, 0.15) is 32.0 Å². The number of esters is 1. The lowest BCUT2D eigenvalue weighted by atomic mass is 10.1. The number of rotatable bonds is 6. The minimum Gasteiger partial charge on any atom is -0.468 e. The Bertz CT molecular complexity index is 1190. The number of amides is 2. The second kappa shape index (κ2) is 9.55. The second-order valence-corrected chi connectivity index (χ2v) is 6.95. The Labute approximate surface area is 186 Å². The van der Waals surface area contributed by atoms with Crippen LogP contribution in [0.15, 0.2) is 54.7 Å². The van der Waals surface area contributed by atoms with Crippen molar-refractivity contribution in [1.82, 2.24) is 15.1 Å². The van der Waals surface area contributed by atoms with Gasteiger partial charge in [0, 0.05) is 11.3 Å². The Kier molecular flexibility index (Phi) is 6.80. The highest BCUT2D eigenvalue weighted by Crippen LogP contribution is 2.34. The fourth-order valence-corrected chi connectivity index (χ4v) is 2.93. The summed E-state index contributed by atoms with van der Waals surface area (Å²) in [5.74, 6) is -2.33. The molecule has 172 valence electrons. The molecular formula is C22H19F3N4O4. The van der Waals surface area contributed by atoms with Crippen LogP contribution in [0.4, 0.5) is 18.9 Å². The largest absolute Gasteiger partial charge is 0.468 e. The first-order chi connectivity index (χ1) is 15.6. The molecule has 1 heterocycles. The van der Waals surface area contributed by atoms with E-state index in [0.717, 1.165) is 11.8 Å². The van der Waals surface area contributed by atoms with Crippen LogP contribution in [-0.4, -0.2) is 41.2 Å². The maximum absolute atomic E-state index is 13.8. The molecular weight excluding hydrogens is 441 g/mol. The Morgan fingerprint density at radius 3 is 2.39 bits per heavy atom. The molecule has 3 aromatic rings. The van der Waals surface area contributed by atoms with Gasteiger partial charge in [-0.25, -0.2) is 4.68 Å². The summed E-state index contributed by atoms with van der Waals surface area (Å²) in [7, 11) is 1.17. The molecule has 0 bridgehead atoms. The van der Waals surface area contributed by atoms with Crippen LogP contribution >= 0.6 is 0 Å². The molecule has 2 aromatic carbocycles. The third kappa shape index (κ3) is 5.56. The fraction of sp³-hybridized carbons (Fsp3) is 0.182. The van der Waals surface area contributed by atoms with E-state index in [1.807, 2.05) is 0 Å². The highest BCUT2D eigenvalue weighted by molar-refractivity contribution is 6.06. The molecule has 0 saturated heterocycles. The summed E-state index contributed by atoms with van der Waals surface area (Å²) >= 11 is 0. The number of hydrogen-bond donors (Lipinski definition) is 2. The highest BCUT2D eigenvalue weighted by Gasteiger charge is 2.40.